The fourth-order valence-electron chi connectivity index (χ4n) is 1.85. The number of nitrogens with zero attached hydrogens (tertiary/aromatic N) is 1. The number of fused-ring (bicyclic) bond motifs is 3. The predicted octanol–water partition coefficient (Wildman–Crippen LogP) is 1.78. The lowest BCUT2D eigenvalue weighted by Gasteiger charge is -2.03. The minimum Gasteiger partial charge on any atom is -0.507 e. The molecule has 0 bridgehead atoms. The topological polar surface area (TPSA) is 66.0 Å². The highest BCUT2D eigenvalue weighted by molar-refractivity contribution is 6.04. The van der Waals surface area contributed by atoms with E-state index in [2.05, 4.69) is 9.97 Å². The highest BCUT2D eigenvalue weighted by Crippen LogP contribution is 2.26. The van der Waals surface area contributed by atoms with E-state index in [-0.39, 0.29) is 11.3 Å². The molecule has 4 nitrogen and oxygen atoms in total. The van der Waals surface area contributed by atoms with E-state index in [0.717, 1.165) is 11.5 Å². The zero-order chi connectivity index (χ0) is 11.1. The molecular formula is C12H8N2O2. The van der Waals surface area contributed by atoms with Gasteiger partial charge in [0.25, 0.3) is 5.56 Å². The molecule has 4 heteroatoms. The van der Waals surface area contributed by atoms with Crippen molar-refractivity contribution < 1.29 is 5.11 Å². The zero-order valence-corrected chi connectivity index (χ0v) is 8.27. The van der Waals surface area contributed by atoms with Gasteiger partial charge in [0.2, 0.25) is 0 Å². The molecule has 16 heavy (non-hydrogen) atoms. The summed E-state index contributed by atoms with van der Waals surface area (Å²) in [5.41, 5.74) is 0.930. The van der Waals surface area contributed by atoms with Crippen LogP contribution in [-0.2, 0) is 0 Å². The second-order valence-corrected chi connectivity index (χ2v) is 3.58. The normalized spacial score (nSPS) is 11.0. The Kier molecular flexibility index (Phi) is 1.71. The van der Waals surface area contributed by atoms with Crippen molar-refractivity contribution in [3.05, 3.63) is 46.9 Å². The summed E-state index contributed by atoms with van der Waals surface area (Å²) in [6.07, 6.45) is 1.66. The van der Waals surface area contributed by atoms with Crippen LogP contribution >= 0.6 is 0 Å². The van der Waals surface area contributed by atoms with Crippen LogP contribution in [0.5, 0.6) is 5.75 Å². The molecule has 0 aliphatic heterocycles. The van der Waals surface area contributed by atoms with Crippen molar-refractivity contribution in [2.75, 3.05) is 0 Å². The van der Waals surface area contributed by atoms with Gasteiger partial charge in [0.1, 0.15) is 5.75 Å². The molecule has 0 amide bonds. The molecule has 0 aliphatic rings. The molecule has 0 saturated heterocycles. The number of hydrogen-bond acceptors (Lipinski definition) is 3. The maximum atomic E-state index is 11.3. The highest BCUT2D eigenvalue weighted by Gasteiger charge is 2.06. The maximum absolute atomic E-state index is 11.3. The van der Waals surface area contributed by atoms with Gasteiger partial charge in [-0.3, -0.25) is 9.78 Å². The molecule has 78 valence electrons. The van der Waals surface area contributed by atoms with Gasteiger partial charge in [-0.05, 0) is 12.1 Å². The van der Waals surface area contributed by atoms with E-state index >= 15 is 0 Å². The van der Waals surface area contributed by atoms with Crippen molar-refractivity contribution in [2.45, 2.75) is 0 Å². The fourth-order valence-corrected chi connectivity index (χ4v) is 1.85. The van der Waals surface area contributed by atoms with E-state index in [9.17, 15) is 9.90 Å². The van der Waals surface area contributed by atoms with Gasteiger partial charge < -0.3 is 10.1 Å². The lowest BCUT2D eigenvalue weighted by atomic mass is 10.1. The van der Waals surface area contributed by atoms with Gasteiger partial charge in [0.15, 0.2) is 0 Å². The summed E-state index contributed by atoms with van der Waals surface area (Å²) in [4.78, 5) is 18.2. The van der Waals surface area contributed by atoms with Crippen LogP contribution < -0.4 is 5.56 Å². The molecule has 0 unspecified atom stereocenters. The largest absolute Gasteiger partial charge is 0.507 e. The monoisotopic (exact) mass is 212 g/mol. The molecular weight excluding hydrogens is 204 g/mol. The van der Waals surface area contributed by atoms with Crippen LogP contribution in [0.3, 0.4) is 0 Å². The summed E-state index contributed by atoms with van der Waals surface area (Å²) in [5.74, 6) is -0.0219. The number of aromatic hydroxyl groups is 1. The minimum absolute atomic E-state index is 0.0219. The van der Waals surface area contributed by atoms with Crippen LogP contribution in [-0.4, -0.2) is 15.1 Å². The first-order valence-electron chi connectivity index (χ1n) is 4.85. The summed E-state index contributed by atoms with van der Waals surface area (Å²) in [6.45, 7) is 0. The van der Waals surface area contributed by atoms with Crippen molar-refractivity contribution in [3.8, 4) is 5.75 Å². The zero-order valence-electron chi connectivity index (χ0n) is 8.27. The molecule has 1 aromatic carbocycles. The van der Waals surface area contributed by atoms with Crippen molar-refractivity contribution in [1.29, 1.82) is 0 Å². The summed E-state index contributed by atoms with van der Waals surface area (Å²) in [7, 11) is 0. The Balaban J connectivity index is 2.65. The van der Waals surface area contributed by atoms with E-state index in [1.807, 2.05) is 18.2 Å². The molecule has 0 fully saturated rings. The molecule has 0 aliphatic carbocycles. The fraction of sp³-hybridized carbons (Fsp3) is 0. The van der Waals surface area contributed by atoms with Gasteiger partial charge in [-0.1, -0.05) is 12.1 Å². The third kappa shape index (κ3) is 1.16. The van der Waals surface area contributed by atoms with Gasteiger partial charge in [-0.15, -0.1) is 0 Å². The Hall–Kier alpha value is -2.36. The first-order chi connectivity index (χ1) is 7.75. The van der Waals surface area contributed by atoms with Crippen LogP contribution in [0.2, 0.25) is 0 Å². The number of aromatic nitrogens is 2. The van der Waals surface area contributed by atoms with Crippen LogP contribution in [0, 0.1) is 0 Å². The van der Waals surface area contributed by atoms with Crippen molar-refractivity contribution in [2.24, 2.45) is 0 Å². The van der Waals surface area contributed by atoms with E-state index in [4.69, 9.17) is 0 Å². The Morgan fingerprint density at radius 3 is 3.00 bits per heavy atom. The molecule has 2 heterocycles. The molecule has 0 atom stereocenters. The third-order valence-electron chi connectivity index (χ3n) is 2.57. The van der Waals surface area contributed by atoms with Crippen LogP contribution in [0.1, 0.15) is 0 Å². The number of H-pyrrole nitrogens is 1. The molecule has 0 radical (unpaired) electrons. The summed E-state index contributed by atoms with van der Waals surface area (Å²) in [6, 6.07) is 8.53. The molecule has 2 N–H and O–H groups in total. The van der Waals surface area contributed by atoms with Gasteiger partial charge >= 0.3 is 0 Å². The van der Waals surface area contributed by atoms with E-state index in [1.54, 1.807) is 12.3 Å². The van der Waals surface area contributed by atoms with Crippen molar-refractivity contribution in [1.82, 2.24) is 9.97 Å². The summed E-state index contributed by atoms with van der Waals surface area (Å²) in [5, 5.41) is 11.2. The summed E-state index contributed by atoms with van der Waals surface area (Å²) < 4.78 is 0. The Labute approximate surface area is 90.2 Å². The lowest BCUT2D eigenvalue weighted by molar-refractivity contribution is 0.480. The predicted molar refractivity (Wildman–Crippen MR) is 61.5 cm³/mol. The molecule has 2 aromatic heterocycles. The first kappa shape index (κ1) is 8.91. The van der Waals surface area contributed by atoms with Crippen LogP contribution in [0.15, 0.2) is 41.3 Å². The molecule has 0 spiro atoms. The number of pyridine rings is 2. The Bertz CT molecular complexity index is 747. The standard InChI is InChI=1S/C12H8N2O2/c15-9-6-10(16)14-12-8(9)4-3-7-2-1-5-13-11(7)12/h1-6H,(H2,14,15,16). The summed E-state index contributed by atoms with van der Waals surface area (Å²) >= 11 is 0. The average Bonchev–Trinajstić information content (AvgIpc) is 2.28. The number of hydrogen-bond donors (Lipinski definition) is 2. The molecule has 3 rings (SSSR count). The van der Waals surface area contributed by atoms with Gasteiger partial charge in [-0.25, -0.2) is 0 Å². The van der Waals surface area contributed by atoms with E-state index < -0.39 is 0 Å². The minimum atomic E-state index is -0.330. The number of rotatable bonds is 0. The molecule has 0 saturated carbocycles. The van der Waals surface area contributed by atoms with Crippen LogP contribution in [0.4, 0.5) is 0 Å². The molecule has 3 aromatic rings. The van der Waals surface area contributed by atoms with Gasteiger partial charge in [0, 0.05) is 23.0 Å². The second kappa shape index (κ2) is 3.06. The number of aromatic amines is 1. The third-order valence-corrected chi connectivity index (χ3v) is 2.57. The van der Waals surface area contributed by atoms with Gasteiger partial charge in [-0.2, -0.15) is 0 Å². The van der Waals surface area contributed by atoms with Crippen molar-refractivity contribution in [3.63, 3.8) is 0 Å². The highest BCUT2D eigenvalue weighted by atomic mass is 16.3. The quantitative estimate of drug-likeness (QED) is 0.558. The Morgan fingerprint density at radius 1 is 1.25 bits per heavy atom. The first-order valence-corrected chi connectivity index (χ1v) is 4.85. The van der Waals surface area contributed by atoms with E-state index in [0.29, 0.717) is 16.4 Å². The number of benzene rings is 1. The Morgan fingerprint density at radius 2 is 2.12 bits per heavy atom. The lowest BCUT2D eigenvalue weighted by Crippen LogP contribution is -2.03. The second-order valence-electron chi connectivity index (χ2n) is 3.58. The van der Waals surface area contributed by atoms with Crippen molar-refractivity contribution >= 4 is 21.8 Å². The smallest absolute Gasteiger partial charge is 0.252 e. The van der Waals surface area contributed by atoms with Gasteiger partial charge in [0.05, 0.1) is 11.0 Å². The SMILES string of the molecule is O=c1cc(O)c2ccc3cccnc3c2[nH]1. The van der Waals surface area contributed by atoms with Crippen LogP contribution in [0.25, 0.3) is 21.8 Å². The maximum Gasteiger partial charge on any atom is 0.252 e. The average molecular weight is 212 g/mol. The number of nitrogens with one attached hydrogen (secondary N) is 1. The van der Waals surface area contributed by atoms with E-state index in [1.165, 1.54) is 0 Å².